The minimum Gasteiger partial charge on any atom is -0.497 e. The Hall–Kier alpha value is -2.97. The predicted octanol–water partition coefficient (Wildman–Crippen LogP) is 6.03. The lowest BCUT2D eigenvalue weighted by Crippen LogP contribution is -2.15. The fraction of sp³-hybridized carbons (Fsp3) is 0.0870. The van der Waals surface area contributed by atoms with Gasteiger partial charge in [-0.3, -0.25) is 4.79 Å². The maximum atomic E-state index is 12.9. The monoisotopic (exact) mass is 540 g/mol. The Morgan fingerprint density at radius 3 is 2.29 bits per heavy atom. The summed E-state index contributed by atoms with van der Waals surface area (Å²) in [7, 11) is 1.62. The van der Waals surface area contributed by atoms with Crippen molar-refractivity contribution in [2.45, 2.75) is 6.92 Å². The summed E-state index contributed by atoms with van der Waals surface area (Å²) in [6.45, 7) is 1.93. The van der Waals surface area contributed by atoms with Crippen LogP contribution >= 0.6 is 31.9 Å². The van der Waals surface area contributed by atoms with E-state index in [4.69, 9.17) is 4.74 Å². The zero-order chi connectivity index (χ0) is 22.0. The van der Waals surface area contributed by atoms with Crippen LogP contribution in [0.15, 0.2) is 75.7 Å². The summed E-state index contributed by atoms with van der Waals surface area (Å²) in [5, 5.41) is 7.41. The number of methoxy groups -OCH3 is 1. The van der Waals surface area contributed by atoms with Crippen LogP contribution in [0, 0.1) is 6.92 Å². The number of hydrogen-bond donors (Lipinski definition) is 1. The zero-order valence-electron chi connectivity index (χ0n) is 16.8. The molecule has 0 fully saturated rings. The molecule has 3 aromatic carbocycles. The lowest BCUT2D eigenvalue weighted by atomic mass is 10.2. The van der Waals surface area contributed by atoms with Crippen LogP contribution < -0.4 is 10.1 Å². The largest absolute Gasteiger partial charge is 0.497 e. The van der Waals surface area contributed by atoms with E-state index in [0.29, 0.717) is 11.5 Å². The summed E-state index contributed by atoms with van der Waals surface area (Å²) in [6, 6.07) is 20.8. The van der Waals surface area contributed by atoms with Crippen LogP contribution in [0.4, 0.5) is 5.69 Å². The highest BCUT2D eigenvalue weighted by Gasteiger charge is 2.19. The van der Waals surface area contributed by atoms with E-state index in [0.717, 1.165) is 31.5 Å². The van der Waals surface area contributed by atoms with Gasteiger partial charge in [-0.05, 0) is 67.1 Å². The molecule has 1 aromatic heterocycles. The fourth-order valence-corrected chi connectivity index (χ4v) is 3.78. The Morgan fingerprint density at radius 2 is 1.65 bits per heavy atom. The second-order valence-electron chi connectivity index (χ2n) is 6.79. The second-order valence-corrected chi connectivity index (χ2v) is 8.62. The van der Waals surface area contributed by atoms with Crippen molar-refractivity contribution in [3.8, 4) is 22.8 Å². The molecule has 4 rings (SSSR count). The van der Waals surface area contributed by atoms with Crippen molar-refractivity contribution in [3.63, 3.8) is 0 Å². The number of ether oxygens (including phenoxy) is 1. The summed E-state index contributed by atoms with van der Waals surface area (Å²) in [6.07, 6.45) is 0. The molecule has 0 unspecified atom stereocenters. The van der Waals surface area contributed by atoms with E-state index < -0.39 is 0 Å². The third-order valence-corrected chi connectivity index (χ3v) is 5.69. The Bertz CT molecular complexity index is 1240. The summed E-state index contributed by atoms with van der Waals surface area (Å²) < 4.78 is 8.80. The van der Waals surface area contributed by atoms with Crippen LogP contribution in [-0.4, -0.2) is 27.8 Å². The van der Waals surface area contributed by atoms with Gasteiger partial charge in [-0.2, -0.15) is 0 Å². The Kier molecular flexibility index (Phi) is 6.20. The normalized spacial score (nSPS) is 10.7. The first kappa shape index (κ1) is 21.3. The molecule has 1 heterocycles. The molecule has 0 radical (unpaired) electrons. The van der Waals surface area contributed by atoms with Crippen molar-refractivity contribution in [3.05, 3.63) is 87.1 Å². The first-order chi connectivity index (χ1) is 14.9. The minimum atomic E-state index is -0.379. The van der Waals surface area contributed by atoms with Gasteiger partial charge in [0.2, 0.25) is 5.82 Å². The average molecular weight is 542 g/mol. The fourth-order valence-electron chi connectivity index (χ4n) is 3.04. The molecule has 0 aliphatic carbocycles. The maximum absolute atomic E-state index is 12.9. The first-order valence-corrected chi connectivity index (χ1v) is 11.0. The SMILES string of the molecule is COc1ccc(-n2nc(C(=O)Nc3ccc(Br)cc3C)nc2-c2ccc(Br)cc2)cc1. The summed E-state index contributed by atoms with van der Waals surface area (Å²) in [5.41, 5.74) is 3.25. The molecule has 156 valence electrons. The number of nitrogens with zero attached hydrogens (tertiary/aromatic N) is 3. The zero-order valence-corrected chi connectivity index (χ0v) is 19.9. The summed E-state index contributed by atoms with van der Waals surface area (Å²) >= 11 is 6.88. The number of carbonyl (C=O) groups is 1. The quantitative estimate of drug-likeness (QED) is 0.335. The molecule has 1 amide bonds. The van der Waals surface area contributed by atoms with E-state index in [2.05, 4.69) is 47.3 Å². The molecule has 0 saturated heterocycles. The number of amides is 1. The van der Waals surface area contributed by atoms with Crippen LogP contribution in [0.5, 0.6) is 5.75 Å². The van der Waals surface area contributed by atoms with E-state index in [1.165, 1.54) is 0 Å². The van der Waals surface area contributed by atoms with Crippen LogP contribution in [0.2, 0.25) is 0 Å². The van der Waals surface area contributed by atoms with Gasteiger partial charge in [-0.25, -0.2) is 9.67 Å². The number of aromatic nitrogens is 3. The Labute approximate surface area is 196 Å². The Balaban J connectivity index is 1.74. The van der Waals surface area contributed by atoms with Crippen molar-refractivity contribution in [1.29, 1.82) is 0 Å². The molecule has 0 spiro atoms. The molecule has 1 N–H and O–H groups in total. The van der Waals surface area contributed by atoms with E-state index in [1.807, 2.05) is 73.7 Å². The highest BCUT2D eigenvalue weighted by molar-refractivity contribution is 9.10. The van der Waals surface area contributed by atoms with Gasteiger partial charge in [0.15, 0.2) is 5.82 Å². The third kappa shape index (κ3) is 4.70. The van der Waals surface area contributed by atoms with E-state index >= 15 is 0 Å². The highest BCUT2D eigenvalue weighted by Crippen LogP contribution is 2.25. The number of anilines is 1. The molecule has 4 aromatic rings. The van der Waals surface area contributed by atoms with Gasteiger partial charge >= 0.3 is 0 Å². The number of rotatable bonds is 5. The lowest BCUT2D eigenvalue weighted by Gasteiger charge is -2.07. The molecule has 31 heavy (non-hydrogen) atoms. The summed E-state index contributed by atoms with van der Waals surface area (Å²) in [4.78, 5) is 17.5. The second kappa shape index (κ2) is 9.03. The van der Waals surface area contributed by atoms with E-state index in [-0.39, 0.29) is 11.7 Å². The van der Waals surface area contributed by atoms with Crippen molar-refractivity contribution in [1.82, 2.24) is 14.8 Å². The van der Waals surface area contributed by atoms with Gasteiger partial charge in [0.1, 0.15) is 5.75 Å². The van der Waals surface area contributed by atoms with Crippen LogP contribution in [-0.2, 0) is 0 Å². The van der Waals surface area contributed by atoms with Crippen LogP contribution in [0.25, 0.3) is 17.1 Å². The van der Waals surface area contributed by atoms with Gasteiger partial charge in [-0.15, -0.1) is 5.10 Å². The molecule has 0 atom stereocenters. The van der Waals surface area contributed by atoms with E-state index in [9.17, 15) is 4.79 Å². The summed E-state index contributed by atoms with van der Waals surface area (Å²) in [5.74, 6) is 1.00. The average Bonchev–Trinajstić information content (AvgIpc) is 3.22. The first-order valence-electron chi connectivity index (χ1n) is 9.39. The molecular formula is C23H18Br2N4O2. The van der Waals surface area contributed by atoms with Gasteiger partial charge < -0.3 is 10.1 Å². The van der Waals surface area contributed by atoms with Crippen LogP contribution in [0.1, 0.15) is 16.2 Å². The van der Waals surface area contributed by atoms with Crippen molar-refractivity contribution < 1.29 is 9.53 Å². The molecule has 6 nitrogen and oxygen atoms in total. The number of halogens is 2. The van der Waals surface area contributed by atoms with E-state index in [1.54, 1.807) is 11.8 Å². The van der Waals surface area contributed by atoms with Gasteiger partial charge in [0, 0.05) is 20.2 Å². The number of benzene rings is 3. The third-order valence-electron chi connectivity index (χ3n) is 4.67. The molecule has 0 saturated carbocycles. The van der Waals surface area contributed by atoms with Crippen LogP contribution in [0.3, 0.4) is 0 Å². The minimum absolute atomic E-state index is 0.0797. The Morgan fingerprint density at radius 1 is 0.968 bits per heavy atom. The maximum Gasteiger partial charge on any atom is 0.295 e. The molecular weight excluding hydrogens is 524 g/mol. The lowest BCUT2D eigenvalue weighted by molar-refractivity contribution is 0.101. The van der Waals surface area contributed by atoms with Crippen molar-refractivity contribution in [2.24, 2.45) is 0 Å². The molecule has 8 heteroatoms. The van der Waals surface area contributed by atoms with Gasteiger partial charge in [0.05, 0.1) is 12.8 Å². The topological polar surface area (TPSA) is 69.0 Å². The molecule has 0 aliphatic rings. The molecule has 0 aliphatic heterocycles. The van der Waals surface area contributed by atoms with Gasteiger partial charge in [0.25, 0.3) is 5.91 Å². The number of aryl methyl sites for hydroxylation is 1. The number of hydrogen-bond acceptors (Lipinski definition) is 4. The van der Waals surface area contributed by atoms with Gasteiger partial charge in [-0.1, -0.05) is 44.0 Å². The van der Waals surface area contributed by atoms with Crippen molar-refractivity contribution in [2.75, 3.05) is 12.4 Å². The highest BCUT2D eigenvalue weighted by atomic mass is 79.9. The number of nitrogens with one attached hydrogen (secondary N) is 1. The number of carbonyl (C=O) groups excluding carboxylic acids is 1. The predicted molar refractivity (Wildman–Crippen MR) is 128 cm³/mol. The standard InChI is InChI=1S/C23H18Br2N4O2/c1-14-13-17(25)7-12-20(14)26-23(30)21-27-22(15-3-5-16(24)6-4-15)29(28-21)18-8-10-19(31-2)11-9-18/h3-13H,1-2H3,(H,26,30). The smallest absolute Gasteiger partial charge is 0.295 e. The van der Waals surface area contributed by atoms with Crippen molar-refractivity contribution >= 4 is 43.5 Å². The molecule has 0 bridgehead atoms.